The van der Waals surface area contributed by atoms with Crippen molar-refractivity contribution in [2.45, 2.75) is 111 Å². The quantitative estimate of drug-likeness (QED) is 0.0255. The number of ether oxygens (including phenoxy) is 5. The minimum absolute atomic E-state index is 0.0305. The first-order chi connectivity index (χ1) is 31.3. The first kappa shape index (κ1) is 50.9. The second kappa shape index (κ2) is 22.4. The summed E-state index contributed by atoms with van der Waals surface area (Å²) in [6.07, 6.45) is 7.70. The van der Waals surface area contributed by atoms with Crippen LogP contribution in [0.15, 0.2) is 71.6 Å². The molecule has 9 atom stereocenters. The predicted octanol–water partition coefficient (Wildman–Crippen LogP) is 7.74. The molecule has 6 rings (SSSR count). The maximum Gasteiger partial charge on any atom is 0.312 e. The van der Waals surface area contributed by atoms with E-state index < -0.39 is 88.8 Å². The summed E-state index contributed by atoms with van der Waals surface area (Å²) in [7, 11) is 1.43. The number of aromatic hydroxyl groups is 3. The number of hydrogen-bond donors (Lipinski definition) is 6. The third kappa shape index (κ3) is 11.3. The van der Waals surface area contributed by atoms with E-state index in [4.69, 9.17) is 28.5 Å². The summed E-state index contributed by atoms with van der Waals surface area (Å²) in [6, 6.07) is 9.54. The van der Waals surface area contributed by atoms with Gasteiger partial charge in [-0.2, -0.15) is 0 Å². The van der Waals surface area contributed by atoms with Crippen molar-refractivity contribution >= 4 is 40.3 Å². The number of para-hydroxylation sites is 1. The summed E-state index contributed by atoms with van der Waals surface area (Å²) in [6.45, 7) is 13.2. The van der Waals surface area contributed by atoms with E-state index in [-0.39, 0.29) is 51.1 Å². The van der Waals surface area contributed by atoms with E-state index in [0.29, 0.717) is 13.0 Å². The van der Waals surface area contributed by atoms with Gasteiger partial charge in [-0.1, -0.05) is 69.3 Å². The molecule has 0 fully saturated rings. The van der Waals surface area contributed by atoms with E-state index in [1.54, 1.807) is 39.8 Å². The molecule has 0 saturated heterocycles. The molecule has 0 aromatic heterocycles. The van der Waals surface area contributed by atoms with Gasteiger partial charge >= 0.3 is 11.8 Å². The first-order valence-corrected chi connectivity index (χ1v) is 22.3. The molecule has 16 nitrogen and oxygen atoms in total. The molecule has 6 N–H and O–H groups in total. The Morgan fingerprint density at radius 1 is 0.879 bits per heavy atom. The lowest BCUT2D eigenvalue weighted by Gasteiger charge is -2.38. The largest absolute Gasteiger partial charge is 0.507 e. The average Bonchev–Trinajstić information content (AvgIpc) is 3.56. The second-order valence-corrected chi connectivity index (χ2v) is 17.3. The summed E-state index contributed by atoms with van der Waals surface area (Å²) in [4.78, 5) is 46.2. The number of fused-ring (bicyclic) bond motifs is 14. The number of Topliss-reactive ketones (excluding diaryl/α,β-unsaturated/α-hetero) is 1. The number of carbonyl (C=O) groups is 3. The SMILES string of the molecule is COC1/C=C/OC2(C)Oc3c(C)c(O)c4c(O)c(c(/C=N\OCCCCCCOc5ccccc5)c(O)c4c3C2=O)NC(=O)/C(C)=C/C=C/C(C)C(O)C(C)C(O)C(C)C(OC(C)=O)C1C. The van der Waals surface area contributed by atoms with E-state index in [9.17, 15) is 39.9 Å². The number of phenolic OH excluding ortho intramolecular Hbond substituents is 3. The van der Waals surface area contributed by atoms with Crippen LogP contribution < -0.4 is 14.8 Å². The summed E-state index contributed by atoms with van der Waals surface area (Å²) in [5.41, 5.74) is -0.625. The Bertz CT molecular complexity index is 2340. The maximum atomic E-state index is 14.5. The molecule has 66 heavy (non-hydrogen) atoms. The van der Waals surface area contributed by atoms with Gasteiger partial charge in [0.2, 0.25) is 0 Å². The van der Waals surface area contributed by atoms with Crippen LogP contribution in [0.4, 0.5) is 5.69 Å². The number of hydrogen-bond acceptors (Lipinski definition) is 15. The van der Waals surface area contributed by atoms with Gasteiger partial charge in [0.1, 0.15) is 35.7 Å². The topological polar surface area (TPSA) is 232 Å². The van der Waals surface area contributed by atoms with Crippen LogP contribution in [-0.4, -0.2) is 99.9 Å². The number of oxime groups is 1. The van der Waals surface area contributed by atoms with Crippen molar-refractivity contribution in [2.75, 3.05) is 25.6 Å². The lowest BCUT2D eigenvalue weighted by molar-refractivity contribution is -0.160. The maximum absolute atomic E-state index is 14.5. The van der Waals surface area contributed by atoms with Gasteiger partial charge in [0.25, 0.3) is 11.7 Å². The number of nitrogens with one attached hydrogen (secondary N) is 1. The number of carbonyl (C=O) groups excluding carboxylic acids is 3. The lowest BCUT2D eigenvalue weighted by Crippen LogP contribution is -2.46. The number of aliphatic hydroxyl groups is 2. The van der Waals surface area contributed by atoms with Crippen LogP contribution in [0.25, 0.3) is 10.8 Å². The van der Waals surface area contributed by atoms with Crippen molar-refractivity contribution in [1.29, 1.82) is 0 Å². The minimum Gasteiger partial charge on any atom is -0.507 e. The van der Waals surface area contributed by atoms with Crippen molar-refractivity contribution in [2.24, 2.45) is 28.8 Å². The highest BCUT2D eigenvalue weighted by atomic mass is 16.7. The highest BCUT2D eigenvalue weighted by Gasteiger charge is 2.50. The molecule has 3 aliphatic heterocycles. The molecule has 0 spiro atoms. The van der Waals surface area contributed by atoms with Gasteiger partial charge in [0.05, 0.1) is 59.6 Å². The molecular formula is C50H64N2O14. The van der Waals surface area contributed by atoms with E-state index in [1.807, 2.05) is 30.3 Å². The molecular weight excluding hydrogens is 853 g/mol. The number of nitrogens with zero attached hydrogens (tertiary/aromatic N) is 1. The number of esters is 1. The summed E-state index contributed by atoms with van der Waals surface area (Å²) in [5.74, 6) is -7.89. The van der Waals surface area contributed by atoms with Gasteiger partial charge in [-0.25, -0.2) is 0 Å². The number of benzene rings is 3. The Balaban J connectivity index is 1.54. The fourth-order valence-corrected chi connectivity index (χ4v) is 8.34. The number of anilines is 1. The van der Waals surface area contributed by atoms with Crippen LogP contribution in [0.3, 0.4) is 0 Å². The number of aliphatic hydroxyl groups excluding tert-OH is 2. The van der Waals surface area contributed by atoms with Crippen LogP contribution in [0, 0.1) is 30.6 Å². The molecule has 9 unspecified atom stereocenters. The number of phenols is 3. The molecule has 5 bridgehead atoms. The fraction of sp³-hybridized carbons (Fsp3) is 0.480. The number of ketones is 1. The molecule has 16 heteroatoms. The predicted molar refractivity (Wildman–Crippen MR) is 248 cm³/mol. The second-order valence-electron chi connectivity index (χ2n) is 17.3. The molecule has 3 aromatic carbocycles. The molecule has 3 heterocycles. The van der Waals surface area contributed by atoms with Gasteiger partial charge in [-0.05, 0) is 57.7 Å². The number of amides is 1. The standard InChI is InChI=1S/C50H64N2O14/c1-27-18-17-19-28(2)49(60)52-40-35(26-51-64-24-16-11-10-15-23-62-34-20-13-12-14-21-34)44(57)37-38(45(40)58)43(56)32(6)47-39(37)48(59)50(8,66-47)63-25-22-36(61-9)29(3)46(65-33(7)53)31(5)42(55)30(4)41(27)54/h12-14,17-22,25-27,29-31,36,41-42,46,54-58H,10-11,15-16,23-24H2,1-9H3,(H,52,60)/b18-17+,25-22+,28-19+,51-26-. The van der Waals surface area contributed by atoms with Crippen molar-refractivity contribution in [1.82, 2.24) is 0 Å². The molecule has 1 amide bonds. The number of rotatable bonds is 12. The summed E-state index contributed by atoms with van der Waals surface area (Å²) < 4.78 is 29.4. The third-order valence-electron chi connectivity index (χ3n) is 12.4. The summed E-state index contributed by atoms with van der Waals surface area (Å²) in [5, 5.41) is 64.5. The monoisotopic (exact) mass is 916 g/mol. The van der Waals surface area contributed by atoms with Crippen molar-refractivity contribution in [3.63, 3.8) is 0 Å². The van der Waals surface area contributed by atoms with Crippen LogP contribution >= 0.6 is 0 Å². The molecule has 0 radical (unpaired) electrons. The van der Waals surface area contributed by atoms with Crippen LogP contribution in [0.2, 0.25) is 0 Å². The van der Waals surface area contributed by atoms with Gasteiger partial charge in [-0.15, -0.1) is 0 Å². The molecule has 3 aliphatic rings. The Morgan fingerprint density at radius 3 is 2.23 bits per heavy atom. The van der Waals surface area contributed by atoms with Crippen molar-refractivity contribution in [3.8, 4) is 28.7 Å². The van der Waals surface area contributed by atoms with Gasteiger partial charge in [0, 0.05) is 61.2 Å². The molecule has 0 saturated carbocycles. The Kier molecular flexibility index (Phi) is 17.3. The Morgan fingerprint density at radius 2 is 1.56 bits per heavy atom. The zero-order valence-corrected chi connectivity index (χ0v) is 39.1. The first-order valence-electron chi connectivity index (χ1n) is 22.3. The Hall–Kier alpha value is -6.10. The molecule has 0 aliphatic carbocycles. The number of methoxy groups -OCH3 is 1. The van der Waals surface area contributed by atoms with Crippen LogP contribution in [-0.2, 0) is 28.6 Å². The van der Waals surface area contributed by atoms with Gasteiger partial charge < -0.3 is 59.4 Å². The minimum atomic E-state index is -2.07. The van der Waals surface area contributed by atoms with Crippen LogP contribution in [0.1, 0.15) is 95.6 Å². The zero-order chi connectivity index (χ0) is 48.5. The van der Waals surface area contributed by atoms with Gasteiger partial charge in [-0.3, -0.25) is 14.4 Å². The highest BCUT2D eigenvalue weighted by molar-refractivity contribution is 6.23. The smallest absolute Gasteiger partial charge is 0.312 e. The molecule has 3 aromatic rings. The van der Waals surface area contributed by atoms with Crippen molar-refractivity contribution in [3.05, 3.63) is 83.2 Å². The molecule has 358 valence electrons. The average molecular weight is 917 g/mol. The lowest BCUT2D eigenvalue weighted by atomic mass is 9.78. The van der Waals surface area contributed by atoms with E-state index in [0.717, 1.165) is 31.2 Å². The van der Waals surface area contributed by atoms with Gasteiger partial charge in [0.15, 0.2) is 5.75 Å². The zero-order valence-electron chi connectivity index (χ0n) is 39.1. The number of unbranched alkanes of at least 4 members (excludes halogenated alkanes) is 3. The highest BCUT2D eigenvalue weighted by Crippen LogP contribution is 2.55. The van der Waals surface area contributed by atoms with E-state index >= 15 is 0 Å². The Labute approximate surface area is 385 Å². The fourth-order valence-electron chi connectivity index (χ4n) is 8.34. The van der Waals surface area contributed by atoms with E-state index in [1.165, 1.54) is 53.2 Å². The summed E-state index contributed by atoms with van der Waals surface area (Å²) >= 11 is 0. The number of allylic oxidation sites excluding steroid dienone is 2. The van der Waals surface area contributed by atoms with E-state index in [2.05, 4.69) is 10.5 Å². The van der Waals surface area contributed by atoms with Crippen LogP contribution in [0.5, 0.6) is 28.7 Å². The van der Waals surface area contributed by atoms with Crippen molar-refractivity contribution < 1.29 is 68.4 Å². The normalized spacial score (nSPS) is 28.0. The third-order valence-corrected chi connectivity index (χ3v) is 12.4.